The predicted molar refractivity (Wildman–Crippen MR) is 104 cm³/mol. The van der Waals surface area contributed by atoms with Crippen LogP contribution in [0.25, 0.3) is 10.2 Å². The molecule has 5 nitrogen and oxygen atoms in total. The Morgan fingerprint density at radius 1 is 1.27 bits per heavy atom. The van der Waals surface area contributed by atoms with E-state index in [4.69, 9.17) is 14.7 Å². The maximum absolute atomic E-state index is 9.97. The van der Waals surface area contributed by atoms with E-state index in [9.17, 15) is 5.11 Å². The standard InChI is InChI=1S/C20H27N3O2S/c1-12(24)10-14-11-25-9-8-23(14)19-17-15-4-2-3-5-16(15)26-20(17)22-18(21-19)13-6-7-13/h12-14,24H,2-11H2,1H3. The van der Waals surface area contributed by atoms with Gasteiger partial charge in [0.15, 0.2) is 0 Å². The zero-order valence-corrected chi connectivity index (χ0v) is 16.2. The zero-order chi connectivity index (χ0) is 17.7. The molecule has 2 aliphatic carbocycles. The number of aromatic nitrogens is 2. The smallest absolute Gasteiger partial charge is 0.141 e. The Hall–Kier alpha value is -1.24. The maximum atomic E-state index is 9.97. The number of nitrogens with zero attached hydrogens (tertiary/aromatic N) is 3. The SMILES string of the molecule is CC(O)CC1COCCN1c1nc(C2CC2)nc2sc3c(c12)CCCC3. The Kier molecular flexibility index (Phi) is 4.38. The van der Waals surface area contributed by atoms with Gasteiger partial charge in [-0.1, -0.05) is 0 Å². The number of morpholine rings is 1. The molecular weight excluding hydrogens is 346 g/mol. The summed E-state index contributed by atoms with van der Waals surface area (Å²) in [6, 6.07) is 0.188. The average molecular weight is 374 g/mol. The zero-order valence-electron chi connectivity index (χ0n) is 15.4. The molecule has 1 N–H and O–H groups in total. The lowest BCUT2D eigenvalue weighted by Gasteiger charge is -2.37. The van der Waals surface area contributed by atoms with Gasteiger partial charge in [-0.15, -0.1) is 11.3 Å². The molecule has 0 spiro atoms. The summed E-state index contributed by atoms with van der Waals surface area (Å²) in [7, 11) is 0. The molecule has 2 unspecified atom stereocenters. The molecule has 140 valence electrons. The van der Waals surface area contributed by atoms with Gasteiger partial charge in [0.2, 0.25) is 0 Å². The lowest BCUT2D eigenvalue weighted by atomic mass is 9.96. The molecule has 0 radical (unpaired) electrons. The highest BCUT2D eigenvalue weighted by Crippen LogP contribution is 2.44. The van der Waals surface area contributed by atoms with Crippen molar-refractivity contribution >= 4 is 27.4 Å². The maximum Gasteiger partial charge on any atom is 0.141 e. The second-order valence-corrected chi connectivity index (χ2v) is 9.16. The molecule has 1 aliphatic heterocycles. The number of anilines is 1. The molecule has 6 heteroatoms. The summed E-state index contributed by atoms with van der Waals surface area (Å²) in [5.74, 6) is 2.70. The number of aliphatic hydroxyl groups is 1. The summed E-state index contributed by atoms with van der Waals surface area (Å²) in [4.78, 5) is 15.2. The summed E-state index contributed by atoms with van der Waals surface area (Å²) in [5, 5.41) is 11.3. The van der Waals surface area contributed by atoms with Crippen molar-refractivity contribution in [2.75, 3.05) is 24.7 Å². The molecule has 2 aromatic heterocycles. The van der Waals surface area contributed by atoms with E-state index in [0.717, 1.165) is 37.6 Å². The molecule has 2 fully saturated rings. The predicted octanol–water partition coefficient (Wildman–Crippen LogP) is 3.42. The summed E-state index contributed by atoms with van der Waals surface area (Å²) < 4.78 is 5.74. The van der Waals surface area contributed by atoms with Gasteiger partial charge in [-0.05, 0) is 57.4 Å². The molecule has 1 saturated carbocycles. The minimum absolute atomic E-state index is 0.188. The molecule has 0 bridgehead atoms. The van der Waals surface area contributed by atoms with Crippen molar-refractivity contribution < 1.29 is 9.84 Å². The number of thiophene rings is 1. The van der Waals surface area contributed by atoms with E-state index in [1.54, 1.807) is 0 Å². The van der Waals surface area contributed by atoms with E-state index < -0.39 is 0 Å². The molecule has 26 heavy (non-hydrogen) atoms. The molecule has 0 aromatic carbocycles. The van der Waals surface area contributed by atoms with Gasteiger partial charge in [0.05, 0.1) is 30.7 Å². The van der Waals surface area contributed by atoms with Gasteiger partial charge in [0.25, 0.3) is 0 Å². The molecule has 3 aliphatic rings. The summed E-state index contributed by atoms with van der Waals surface area (Å²) in [6.07, 6.45) is 7.72. The molecule has 0 amide bonds. The van der Waals surface area contributed by atoms with Crippen LogP contribution >= 0.6 is 11.3 Å². The van der Waals surface area contributed by atoms with Crippen LogP contribution in [-0.2, 0) is 17.6 Å². The fraction of sp³-hybridized carbons (Fsp3) is 0.700. The van der Waals surface area contributed by atoms with Crippen molar-refractivity contribution in [3.8, 4) is 0 Å². The van der Waals surface area contributed by atoms with E-state index in [-0.39, 0.29) is 12.1 Å². The van der Waals surface area contributed by atoms with Crippen LogP contribution in [0.15, 0.2) is 0 Å². The van der Waals surface area contributed by atoms with Crippen molar-refractivity contribution in [1.82, 2.24) is 9.97 Å². The second kappa shape index (κ2) is 6.73. The summed E-state index contributed by atoms with van der Waals surface area (Å²) >= 11 is 1.89. The van der Waals surface area contributed by atoms with Crippen molar-refractivity contribution in [3.05, 3.63) is 16.3 Å². The van der Waals surface area contributed by atoms with Crippen molar-refractivity contribution in [1.29, 1.82) is 0 Å². The fourth-order valence-electron chi connectivity index (χ4n) is 4.41. The molecule has 5 rings (SSSR count). The Labute approximate surface area is 158 Å². The van der Waals surface area contributed by atoms with E-state index in [2.05, 4.69) is 4.90 Å². The first-order chi connectivity index (χ1) is 12.7. The minimum atomic E-state index is -0.333. The number of hydrogen-bond donors (Lipinski definition) is 1. The first-order valence-corrected chi connectivity index (χ1v) is 10.9. The van der Waals surface area contributed by atoms with Crippen LogP contribution in [0.4, 0.5) is 5.82 Å². The highest BCUT2D eigenvalue weighted by Gasteiger charge is 2.33. The van der Waals surface area contributed by atoms with Crippen molar-refractivity contribution in [2.45, 2.75) is 69.9 Å². The van der Waals surface area contributed by atoms with Crippen LogP contribution in [0.3, 0.4) is 0 Å². The van der Waals surface area contributed by atoms with Crippen LogP contribution in [0.5, 0.6) is 0 Å². The molecule has 1 saturated heterocycles. The Morgan fingerprint density at radius 3 is 2.92 bits per heavy atom. The quantitative estimate of drug-likeness (QED) is 0.890. The van der Waals surface area contributed by atoms with Crippen LogP contribution in [-0.4, -0.2) is 47.0 Å². The van der Waals surface area contributed by atoms with Gasteiger partial charge >= 0.3 is 0 Å². The number of aliphatic hydroxyl groups excluding tert-OH is 1. The highest BCUT2D eigenvalue weighted by atomic mass is 32.1. The van der Waals surface area contributed by atoms with Gasteiger partial charge in [-0.2, -0.15) is 0 Å². The summed E-state index contributed by atoms with van der Waals surface area (Å²) in [6.45, 7) is 4.11. The molecular formula is C20H27N3O2S. The Morgan fingerprint density at radius 2 is 2.12 bits per heavy atom. The molecule has 3 heterocycles. The van der Waals surface area contributed by atoms with Crippen LogP contribution in [0.1, 0.15) is 61.2 Å². The number of ether oxygens (including phenoxy) is 1. The van der Waals surface area contributed by atoms with Crippen molar-refractivity contribution in [3.63, 3.8) is 0 Å². The Balaban J connectivity index is 1.65. The van der Waals surface area contributed by atoms with Gasteiger partial charge in [-0.3, -0.25) is 0 Å². The third-order valence-corrected chi connectivity index (χ3v) is 7.05. The molecule has 2 aromatic rings. The van der Waals surface area contributed by atoms with Crippen molar-refractivity contribution in [2.24, 2.45) is 0 Å². The average Bonchev–Trinajstić information content (AvgIpc) is 3.41. The van der Waals surface area contributed by atoms with E-state index in [1.807, 2.05) is 18.3 Å². The third-order valence-electron chi connectivity index (χ3n) is 5.87. The number of fused-ring (bicyclic) bond motifs is 3. The number of rotatable bonds is 4. The largest absolute Gasteiger partial charge is 0.393 e. The fourth-order valence-corrected chi connectivity index (χ4v) is 5.67. The van der Waals surface area contributed by atoms with Gasteiger partial charge in [-0.25, -0.2) is 9.97 Å². The molecule has 2 atom stereocenters. The van der Waals surface area contributed by atoms with Crippen LogP contribution in [0.2, 0.25) is 0 Å². The monoisotopic (exact) mass is 373 g/mol. The first-order valence-electron chi connectivity index (χ1n) is 10.1. The topological polar surface area (TPSA) is 58.5 Å². The van der Waals surface area contributed by atoms with E-state index in [0.29, 0.717) is 12.5 Å². The number of aryl methyl sites for hydroxylation is 2. The Bertz CT molecular complexity index is 815. The summed E-state index contributed by atoms with van der Waals surface area (Å²) in [5.41, 5.74) is 1.50. The van der Waals surface area contributed by atoms with Gasteiger partial charge in [0, 0.05) is 17.3 Å². The number of hydrogen-bond acceptors (Lipinski definition) is 6. The van der Waals surface area contributed by atoms with Crippen LogP contribution in [0, 0.1) is 0 Å². The normalized spacial score (nSPS) is 24.7. The second-order valence-electron chi connectivity index (χ2n) is 8.08. The van der Waals surface area contributed by atoms with Crippen LogP contribution < -0.4 is 4.90 Å². The first kappa shape index (κ1) is 16.9. The van der Waals surface area contributed by atoms with Gasteiger partial charge in [0.1, 0.15) is 16.5 Å². The lowest BCUT2D eigenvalue weighted by Crippen LogP contribution is -2.47. The lowest BCUT2D eigenvalue weighted by molar-refractivity contribution is 0.0719. The van der Waals surface area contributed by atoms with E-state index >= 15 is 0 Å². The van der Waals surface area contributed by atoms with E-state index in [1.165, 1.54) is 52.8 Å². The third kappa shape index (κ3) is 3.02. The minimum Gasteiger partial charge on any atom is -0.393 e. The highest BCUT2D eigenvalue weighted by molar-refractivity contribution is 7.19. The van der Waals surface area contributed by atoms with Gasteiger partial charge < -0.3 is 14.7 Å².